The largest absolute Gasteiger partial charge is 0.481 e. The summed E-state index contributed by atoms with van der Waals surface area (Å²) in [6.45, 7) is 2.15. The highest BCUT2D eigenvalue weighted by Gasteiger charge is 2.33. The molecule has 0 aromatic carbocycles. The SMILES string of the molecule is CCCC1CC(C(=O)O)C1.N. The number of carbonyl (C=O) groups is 1. The van der Waals surface area contributed by atoms with E-state index in [0.29, 0.717) is 5.92 Å². The first kappa shape index (κ1) is 10.4. The predicted octanol–water partition coefficient (Wildman–Crippen LogP) is 2.06. The van der Waals surface area contributed by atoms with Gasteiger partial charge in [0, 0.05) is 0 Å². The van der Waals surface area contributed by atoms with Gasteiger partial charge in [-0.2, -0.15) is 0 Å². The zero-order chi connectivity index (χ0) is 7.56. The van der Waals surface area contributed by atoms with Crippen molar-refractivity contribution >= 4 is 5.97 Å². The molecule has 0 bridgehead atoms. The molecular weight excluding hydrogens is 142 g/mol. The average molecular weight is 159 g/mol. The summed E-state index contributed by atoms with van der Waals surface area (Å²) in [4.78, 5) is 10.3. The number of carboxylic acids is 1. The van der Waals surface area contributed by atoms with E-state index in [9.17, 15) is 4.79 Å². The van der Waals surface area contributed by atoms with Crippen LogP contribution in [0, 0.1) is 11.8 Å². The highest BCUT2D eigenvalue weighted by molar-refractivity contribution is 5.70. The molecule has 3 nitrogen and oxygen atoms in total. The summed E-state index contributed by atoms with van der Waals surface area (Å²) in [7, 11) is 0. The molecule has 11 heavy (non-hydrogen) atoms. The molecule has 3 heteroatoms. The summed E-state index contributed by atoms with van der Waals surface area (Å²) in [5.74, 6) is 0.0926. The first-order valence-corrected chi connectivity index (χ1v) is 3.96. The Morgan fingerprint density at radius 3 is 2.45 bits per heavy atom. The van der Waals surface area contributed by atoms with Crippen molar-refractivity contribution in [3.63, 3.8) is 0 Å². The molecule has 1 fully saturated rings. The second-order valence-corrected chi connectivity index (χ2v) is 3.16. The molecule has 0 saturated heterocycles. The molecule has 4 N–H and O–H groups in total. The van der Waals surface area contributed by atoms with Gasteiger partial charge >= 0.3 is 5.97 Å². The van der Waals surface area contributed by atoms with E-state index in [4.69, 9.17) is 5.11 Å². The lowest BCUT2D eigenvalue weighted by atomic mass is 9.73. The monoisotopic (exact) mass is 159 g/mol. The van der Waals surface area contributed by atoms with Crippen molar-refractivity contribution in [2.45, 2.75) is 32.6 Å². The van der Waals surface area contributed by atoms with E-state index in [-0.39, 0.29) is 12.1 Å². The van der Waals surface area contributed by atoms with Crippen molar-refractivity contribution in [2.75, 3.05) is 0 Å². The summed E-state index contributed by atoms with van der Waals surface area (Å²) in [5, 5.41) is 8.52. The fourth-order valence-corrected chi connectivity index (χ4v) is 1.58. The molecule has 0 atom stereocenters. The normalized spacial score (nSPS) is 28.5. The smallest absolute Gasteiger partial charge is 0.306 e. The van der Waals surface area contributed by atoms with Crippen molar-refractivity contribution in [3.8, 4) is 0 Å². The first-order chi connectivity index (χ1) is 4.74. The Labute approximate surface area is 67.4 Å². The zero-order valence-corrected chi connectivity index (χ0v) is 7.05. The van der Waals surface area contributed by atoms with E-state index < -0.39 is 5.97 Å². The number of aliphatic carboxylic acids is 1. The molecule has 1 rings (SSSR count). The van der Waals surface area contributed by atoms with E-state index in [2.05, 4.69) is 6.92 Å². The molecule has 1 aliphatic rings. The fourth-order valence-electron chi connectivity index (χ4n) is 1.58. The Morgan fingerprint density at radius 1 is 1.55 bits per heavy atom. The Balaban J connectivity index is 0.000001000. The molecule has 0 amide bonds. The lowest BCUT2D eigenvalue weighted by molar-refractivity contribution is -0.146. The van der Waals surface area contributed by atoms with Crippen LogP contribution < -0.4 is 6.15 Å². The fraction of sp³-hybridized carbons (Fsp3) is 0.875. The Kier molecular flexibility index (Phi) is 4.11. The summed E-state index contributed by atoms with van der Waals surface area (Å²) in [6, 6.07) is 0. The van der Waals surface area contributed by atoms with Gasteiger partial charge in [0.25, 0.3) is 0 Å². The number of hydrogen-bond donors (Lipinski definition) is 2. The van der Waals surface area contributed by atoms with Crippen molar-refractivity contribution in [1.82, 2.24) is 6.15 Å². The maximum atomic E-state index is 10.3. The second-order valence-electron chi connectivity index (χ2n) is 3.16. The van der Waals surface area contributed by atoms with Crippen LogP contribution in [0.3, 0.4) is 0 Å². The molecule has 1 saturated carbocycles. The number of hydrogen-bond acceptors (Lipinski definition) is 2. The minimum absolute atomic E-state index is 0. The molecule has 1 aliphatic carbocycles. The Morgan fingerprint density at radius 2 is 2.09 bits per heavy atom. The molecular formula is C8H17NO2. The van der Waals surface area contributed by atoms with Crippen molar-refractivity contribution in [1.29, 1.82) is 0 Å². The number of rotatable bonds is 3. The van der Waals surface area contributed by atoms with Gasteiger partial charge in [-0.05, 0) is 18.8 Å². The van der Waals surface area contributed by atoms with Crippen LogP contribution in [0.25, 0.3) is 0 Å². The average Bonchev–Trinajstić information content (AvgIpc) is 1.76. The minimum Gasteiger partial charge on any atom is -0.481 e. The van der Waals surface area contributed by atoms with Crippen molar-refractivity contribution < 1.29 is 9.90 Å². The van der Waals surface area contributed by atoms with Crippen LogP contribution in [0.4, 0.5) is 0 Å². The molecule has 0 unspecified atom stereocenters. The molecule has 66 valence electrons. The van der Waals surface area contributed by atoms with Crippen molar-refractivity contribution in [2.24, 2.45) is 11.8 Å². The predicted molar refractivity (Wildman–Crippen MR) is 43.8 cm³/mol. The third-order valence-corrected chi connectivity index (χ3v) is 2.28. The molecule has 0 heterocycles. The standard InChI is InChI=1S/C8H14O2.H3N/c1-2-3-6-4-7(5-6)8(9)10;/h6-7H,2-5H2,1H3,(H,9,10);1H3. The first-order valence-electron chi connectivity index (χ1n) is 3.96. The molecule has 0 radical (unpaired) electrons. The lowest BCUT2D eigenvalue weighted by Crippen LogP contribution is -2.29. The van der Waals surface area contributed by atoms with E-state index >= 15 is 0 Å². The van der Waals surface area contributed by atoms with E-state index in [1.54, 1.807) is 0 Å². The van der Waals surface area contributed by atoms with Crippen molar-refractivity contribution in [3.05, 3.63) is 0 Å². The van der Waals surface area contributed by atoms with Gasteiger partial charge in [0.15, 0.2) is 0 Å². The zero-order valence-electron chi connectivity index (χ0n) is 7.05. The van der Waals surface area contributed by atoms with Crippen LogP contribution in [0.5, 0.6) is 0 Å². The van der Waals surface area contributed by atoms with Gasteiger partial charge in [-0.3, -0.25) is 4.79 Å². The third-order valence-electron chi connectivity index (χ3n) is 2.28. The molecule has 0 spiro atoms. The van der Waals surface area contributed by atoms with E-state index in [0.717, 1.165) is 12.8 Å². The van der Waals surface area contributed by atoms with Gasteiger partial charge in [-0.1, -0.05) is 19.8 Å². The van der Waals surface area contributed by atoms with Gasteiger partial charge < -0.3 is 11.3 Å². The molecule has 0 aliphatic heterocycles. The van der Waals surface area contributed by atoms with Crippen LogP contribution in [-0.4, -0.2) is 11.1 Å². The summed E-state index contributed by atoms with van der Waals surface area (Å²) in [5.41, 5.74) is 0. The van der Waals surface area contributed by atoms with Gasteiger partial charge in [0.05, 0.1) is 5.92 Å². The van der Waals surface area contributed by atoms with Crippen LogP contribution >= 0.6 is 0 Å². The van der Waals surface area contributed by atoms with Crippen LogP contribution in [0.15, 0.2) is 0 Å². The molecule has 0 aromatic rings. The van der Waals surface area contributed by atoms with Crippen LogP contribution in [0.2, 0.25) is 0 Å². The van der Waals surface area contributed by atoms with Gasteiger partial charge in [0.2, 0.25) is 0 Å². The highest BCUT2D eigenvalue weighted by Crippen LogP contribution is 2.36. The Bertz CT molecular complexity index is 130. The summed E-state index contributed by atoms with van der Waals surface area (Å²) in [6.07, 6.45) is 4.24. The van der Waals surface area contributed by atoms with Crippen LogP contribution in [-0.2, 0) is 4.79 Å². The lowest BCUT2D eigenvalue weighted by Gasteiger charge is -2.31. The van der Waals surface area contributed by atoms with Crippen LogP contribution in [0.1, 0.15) is 32.6 Å². The van der Waals surface area contributed by atoms with Gasteiger partial charge in [-0.15, -0.1) is 0 Å². The minimum atomic E-state index is -0.604. The van der Waals surface area contributed by atoms with E-state index in [1.165, 1.54) is 12.8 Å². The summed E-state index contributed by atoms with van der Waals surface area (Å²) >= 11 is 0. The van der Waals surface area contributed by atoms with Gasteiger partial charge in [0.1, 0.15) is 0 Å². The topological polar surface area (TPSA) is 72.3 Å². The Hall–Kier alpha value is -0.570. The maximum Gasteiger partial charge on any atom is 0.306 e. The summed E-state index contributed by atoms with van der Waals surface area (Å²) < 4.78 is 0. The highest BCUT2D eigenvalue weighted by atomic mass is 16.4. The number of carboxylic acid groups (broad SMARTS) is 1. The second kappa shape index (κ2) is 4.34. The maximum absolute atomic E-state index is 10.3. The third kappa shape index (κ3) is 2.50. The van der Waals surface area contributed by atoms with Gasteiger partial charge in [-0.25, -0.2) is 0 Å². The van der Waals surface area contributed by atoms with E-state index in [1.807, 2.05) is 0 Å². The quantitative estimate of drug-likeness (QED) is 0.662. The molecule has 0 aromatic heterocycles.